The van der Waals surface area contributed by atoms with Gasteiger partial charge in [0.2, 0.25) is 0 Å². The summed E-state index contributed by atoms with van der Waals surface area (Å²) in [5.74, 6) is -0.289. The minimum absolute atomic E-state index is 0.0517. The highest BCUT2D eigenvalue weighted by Gasteiger charge is 2.30. The third kappa shape index (κ3) is 4.97. The van der Waals surface area contributed by atoms with Crippen molar-refractivity contribution in [3.63, 3.8) is 0 Å². The van der Waals surface area contributed by atoms with Crippen LogP contribution in [0.25, 0.3) is 0 Å². The molecule has 0 heterocycles. The number of nitriles is 1. The smallest absolute Gasteiger partial charge is 0.259 e. The summed E-state index contributed by atoms with van der Waals surface area (Å²) in [6.07, 6.45) is 0.308. The third-order valence-electron chi connectivity index (χ3n) is 3.71. The summed E-state index contributed by atoms with van der Waals surface area (Å²) < 4.78 is 5.45. The van der Waals surface area contributed by atoms with E-state index in [9.17, 15) is 14.9 Å². The number of carbonyl (C=O) groups excluding carboxylic acids is 2. The molecule has 0 saturated heterocycles. The molecule has 5 nitrogen and oxygen atoms in total. The van der Waals surface area contributed by atoms with Gasteiger partial charge in [0.05, 0.1) is 11.6 Å². The van der Waals surface area contributed by atoms with Crippen LogP contribution in [0.1, 0.15) is 44.5 Å². The molecule has 1 aromatic carbocycles. The molecule has 1 aromatic rings. The predicted molar refractivity (Wildman–Crippen MR) is 88.6 cm³/mol. The van der Waals surface area contributed by atoms with Crippen molar-refractivity contribution in [3.8, 4) is 11.8 Å². The molecule has 0 saturated carbocycles. The second kappa shape index (κ2) is 7.98. The summed E-state index contributed by atoms with van der Waals surface area (Å²) in [5.41, 5.74) is -0.623. The fourth-order valence-corrected chi connectivity index (χ4v) is 1.98. The predicted octanol–water partition coefficient (Wildman–Crippen LogP) is 3.37. The average molecular weight is 337 g/mol. The lowest BCUT2D eigenvalue weighted by atomic mass is 9.90. The molecule has 1 N–H and O–H groups in total. The Hall–Kier alpha value is -2.06. The summed E-state index contributed by atoms with van der Waals surface area (Å²) in [6, 6.07) is 6.77. The normalized spacial score (nSPS) is 13.1. The molecule has 0 aliphatic carbocycles. The number of benzene rings is 1. The van der Waals surface area contributed by atoms with Crippen LogP contribution in [0.3, 0.4) is 0 Å². The van der Waals surface area contributed by atoms with Crippen molar-refractivity contribution in [2.24, 2.45) is 5.92 Å². The van der Waals surface area contributed by atoms with Gasteiger partial charge in [0.1, 0.15) is 11.3 Å². The van der Waals surface area contributed by atoms with Crippen molar-refractivity contribution < 1.29 is 14.3 Å². The quantitative estimate of drug-likeness (QED) is 0.774. The minimum atomic E-state index is -0.970. The number of carbonyl (C=O) groups is 2. The Morgan fingerprint density at radius 1 is 1.43 bits per heavy atom. The van der Waals surface area contributed by atoms with Gasteiger partial charge in [-0.05, 0) is 31.0 Å². The second-order valence-electron chi connectivity index (χ2n) is 5.72. The second-order valence-corrected chi connectivity index (χ2v) is 6.16. The van der Waals surface area contributed by atoms with Gasteiger partial charge >= 0.3 is 0 Å². The number of amides is 1. The van der Waals surface area contributed by atoms with Crippen molar-refractivity contribution in [2.75, 3.05) is 6.61 Å². The van der Waals surface area contributed by atoms with E-state index in [1.165, 1.54) is 6.07 Å². The molecular weight excluding hydrogens is 316 g/mol. The Kier molecular flexibility index (Phi) is 6.59. The Bertz CT molecular complexity index is 637. The van der Waals surface area contributed by atoms with Gasteiger partial charge in [0.15, 0.2) is 12.4 Å². The van der Waals surface area contributed by atoms with Crippen molar-refractivity contribution in [3.05, 3.63) is 28.8 Å². The van der Waals surface area contributed by atoms with Gasteiger partial charge in [-0.25, -0.2) is 0 Å². The first-order valence-corrected chi connectivity index (χ1v) is 7.79. The summed E-state index contributed by atoms with van der Waals surface area (Å²) in [7, 11) is 0. The van der Waals surface area contributed by atoms with Gasteiger partial charge in [-0.1, -0.05) is 32.4 Å². The zero-order chi connectivity index (χ0) is 17.6. The van der Waals surface area contributed by atoms with Crippen LogP contribution in [-0.2, 0) is 4.79 Å². The highest BCUT2D eigenvalue weighted by molar-refractivity contribution is 6.31. The van der Waals surface area contributed by atoms with E-state index in [0.29, 0.717) is 22.8 Å². The lowest BCUT2D eigenvalue weighted by Gasteiger charge is -2.27. The summed E-state index contributed by atoms with van der Waals surface area (Å²) in [4.78, 5) is 23.9. The molecule has 0 aromatic heterocycles. The molecule has 124 valence electrons. The average Bonchev–Trinajstić information content (AvgIpc) is 2.52. The van der Waals surface area contributed by atoms with E-state index in [-0.39, 0.29) is 18.3 Å². The first-order valence-electron chi connectivity index (χ1n) is 7.41. The zero-order valence-corrected chi connectivity index (χ0v) is 14.5. The first kappa shape index (κ1) is 19.0. The Morgan fingerprint density at radius 3 is 2.61 bits per heavy atom. The van der Waals surface area contributed by atoms with Crippen molar-refractivity contribution in [1.29, 1.82) is 5.26 Å². The lowest BCUT2D eigenvalue weighted by Crippen LogP contribution is -2.50. The molecule has 0 unspecified atom stereocenters. The van der Waals surface area contributed by atoms with E-state index in [4.69, 9.17) is 16.3 Å². The van der Waals surface area contributed by atoms with Crippen molar-refractivity contribution in [1.82, 2.24) is 5.32 Å². The topological polar surface area (TPSA) is 79.2 Å². The Morgan fingerprint density at radius 2 is 2.09 bits per heavy atom. The van der Waals surface area contributed by atoms with Crippen LogP contribution in [0.15, 0.2) is 18.2 Å². The summed E-state index contributed by atoms with van der Waals surface area (Å²) >= 11 is 5.90. The van der Waals surface area contributed by atoms with E-state index in [0.717, 1.165) is 0 Å². The lowest BCUT2D eigenvalue weighted by molar-refractivity contribution is -0.124. The molecule has 0 radical (unpaired) electrons. The van der Waals surface area contributed by atoms with E-state index in [1.54, 1.807) is 26.0 Å². The maximum Gasteiger partial charge on any atom is 0.259 e. The summed E-state index contributed by atoms with van der Waals surface area (Å²) in [6.45, 7) is 6.81. The van der Waals surface area contributed by atoms with Gasteiger partial charge in [0, 0.05) is 11.4 Å². The SMILES string of the molecule is CCC(=O)c1cc(Cl)ccc1OCC(=O)N[C@@](C)(C#N)C(C)C. The fraction of sp³-hybridized carbons (Fsp3) is 0.471. The molecule has 0 aliphatic heterocycles. The standard InChI is InChI=1S/C17H21ClN2O3/c1-5-14(21)13-8-12(18)6-7-15(13)23-9-16(22)20-17(4,10-19)11(2)3/h6-8,11H,5,9H2,1-4H3,(H,20,22)/t17-/m0/s1. The third-order valence-corrected chi connectivity index (χ3v) is 3.94. The highest BCUT2D eigenvalue weighted by Crippen LogP contribution is 2.24. The van der Waals surface area contributed by atoms with Crippen LogP contribution in [0.5, 0.6) is 5.75 Å². The van der Waals surface area contributed by atoms with Crippen molar-refractivity contribution >= 4 is 23.3 Å². The molecule has 1 atom stereocenters. The van der Waals surface area contributed by atoms with Crippen LogP contribution in [0.4, 0.5) is 0 Å². The highest BCUT2D eigenvalue weighted by atomic mass is 35.5. The molecule has 1 rings (SSSR count). The number of rotatable bonds is 7. The van der Waals surface area contributed by atoms with Crippen LogP contribution >= 0.6 is 11.6 Å². The first-order chi connectivity index (χ1) is 10.7. The largest absolute Gasteiger partial charge is 0.483 e. The van der Waals surface area contributed by atoms with Gasteiger partial charge in [-0.3, -0.25) is 9.59 Å². The molecular formula is C17H21ClN2O3. The van der Waals surface area contributed by atoms with Crippen molar-refractivity contribution in [2.45, 2.75) is 39.7 Å². The molecule has 0 spiro atoms. The number of ether oxygens (including phenoxy) is 1. The number of hydrogen-bond acceptors (Lipinski definition) is 4. The van der Waals surface area contributed by atoms with E-state index < -0.39 is 11.4 Å². The number of Topliss-reactive ketones (excluding diaryl/α,β-unsaturated/α-hetero) is 1. The molecule has 0 fully saturated rings. The van der Waals surface area contributed by atoms with E-state index in [1.807, 2.05) is 13.8 Å². The molecule has 0 bridgehead atoms. The number of nitrogens with zero attached hydrogens (tertiary/aromatic N) is 1. The summed E-state index contributed by atoms with van der Waals surface area (Å²) in [5, 5.41) is 12.3. The van der Waals surface area contributed by atoms with Gasteiger partial charge in [-0.15, -0.1) is 0 Å². The monoisotopic (exact) mass is 336 g/mol. The zero-order valence-electron chi connectivity index (χ0n) is 13.8. The maximum atomic E-state index is 12.0. The van der Waals surface area contributed by atoms with Crippen LogP contribution in [-0.4, -0.2) is 23.8 Å². The van der Waals surface area contributed by atoms with Gasteiger partial charge in [-0.2, -0.15) is 5.26 Å². The van der Waals surface area contributed by atoms with E-state index in [2.05, 4.69) is 11.4 Å². The number of ketones is 1. The van der Waals surface area contributed by atoms with Crippen LogP contribution in [0.2, 0.25) is 5.02 Å². The number of halogens is 1. The van der Waals surface area contributed by atoms with Gasteiger partial charge in [0.25, 0.3) is 5.91 Å². The van der Waals surface area contributed by atoms with Crippen LogP contribution < -0.4 is 10.1 Å². The number of hydrogen-bond donors (Lipinski definition) is 1. The minimum Gasteiger partial charge on any atom is -0.483 e. The molecule has 6 heteroatoms. The molecule has 23 heavy (non-hydrogen) atoms. The molecule has 0 aliphatic rings. The fourth-order valence-electron chi connectivity index (χ4n) is 1.81. The van der Waals surface area contributed by atoms with Crippen LogP contribution in [0, 0.1) is 17.2 Å². The maximum absolute atomic E-state index is 12.0. The Balaban J connectivity index is 2.81. The van der Waals surface area contributed by atoms with E-state index >= 15 is 0 Å². The Labute approximate surface area is 141 Å². The number of nitrogens with one attached hydrogen (secondary N) is 1. The molecule has 1 amide bonds. The van der Waals surface area contributed by atoms with Gasteiger partial charge < -0.3 is 10.1 Å².